The summed E-state index contributed by atoms with van der Waals surface area (Å²) in [6, 6.07) is 4.74. The van der Waals surface area contributed by atoms with Crippen molar-refractivity contribution in [2.24, 2.45) is 0 Å². The molecule has 0 saturated carbocycles. The Balaban J connectivity index is 2.15. The standard InChI is InChI=1S/C16H23N3O3/c1-9-6-7-11-12(8-9)17-10(2)13(14(20)18-11)19-15(21)22-16(3,4)5/h6-8,10,13,17H,1-5H3,(H,18,20)(H,19,21)/t10-,13?/m0/s1. The van der Waals surface area contributed by atoms with Gasteiger partial charge in [-0.25, -0.2) is 4.79 Å². The van der Waals surface area contributed by atoms with Crippen LogP contribution in [-0.2, 0) is 9.53 Å². The van der Waals surface area contributed by atoms with E-state index in [4.69, 9.17) is 4.74 Å². The summed E-state index contributed by atoms with van der Waals surface area (Å²) >= 11 is 0. The molecule has 6 nitrogen and oxygen atoms in total. The number of carbonyl (C=O) groups is 2. The predicted molar refractivity (Wildman–Crippen MR) is 86.1 cm³/mol. The molecule has 120 valence electrons. The topological polar surface area (TPSA) is 79.5 Å². The minimum atomic E-state index is -0.720. The SMILES string of the molecule is Cc1ccc2c(c1)N[C@@H](C)C(NC(=O)OC(C)(C)C)C(=O)N2. The summed E-state index contributed by atoms with van der Waals surface area (Å²) in [7, 11) is 0. The van der Waals surface area contributed by atoms with E-state index < -0.39 is 17.7 Å². The summed E-state index contributed by atoms with van der Waals surface area (Å²) in [5.41, 5.74) is 2.03. The van der Waals surface area contributed by atoms with Crippen LogP contribution < -0.4 is 16.0 Å². The van der Waals surface area contributed by atoms with Crippen LogP contribution in [0.25, 0.3) is 0 Å². The molecule has 1 unspecified atom stereocenters. The van der Waals surface area contributed by atoms with Crippen LogP contribution in [-0.4, -0.2) is 29.7 Å². The van der Waals surface area contributed by atoms with Crippen molar-refractivity contribution in [3.63, 3.8) is 0 Å². The zero-order valence-electron chi connectivity index (χ0n) is 13.6. The molecule has 1 heterocycles. The highest BCUT2D eigenvalue weighted by Crippen LogP contribution is 2.27. The molecule has 2 amide bonds. The Kier molecular flexibility index (Phi) is 4.30. The molecule has 0 bridgehead atoms. The lowest BCUT2D eigenvalue weighted by Gasteiger charge is -2.25. The predicted octanol–water partition coefficient (Wildman–Crippen LogP) is 2.64. The summed E-state index contributed by atoms with van der Waals surface area (Å²) in [5, 5.41) is 8.71. The monoisotopic (exact) mass is 305 g/mol. The smallest absolute Gasteiger partial charge is 0.408 e. The van der Waals surface area contributed by atoms with E-state index in [1.54, 1.807) is 20.8 Å². The summed E-state index contributed by atoms with van der Waals surface area (Å²) in [6.07, 6.45) is -0.608. The van der Waals surface area contributed by atoms with E-state index in [0.717, 1.165) is 11.3 Å². The molecular formula is C16H23N3O3. The van der Waals surface area contributed by atoms with Gasteiger partial charge in [-0.15, -0.1) is 0 Å². The highest BCUT2D eigenvalue weighted by Gasteiger charge is 2.32. The van der Waals surface area contributed by atoms with Crippen LogP contribution in [0.15, 0.2) is 18.2 Å². The second-order valence-electron chi connectivity index (χ2n) is 6.60. The van der Waals surface area contributed by atoms with Crippen LogP contribution in [0.2, 0.25) is 0 Å². The van der Waals surface area contributed by atoms with Gasteiger partial charge >= 0.3 is 6.09 Å². The molecule has 0 radical (unpaired) electrons. The number of aryl methyl sites for hydroxylation is 1. The second-order valence-corrected chi connectivity index (χ2v) is 6.60. The van der Waals surface area contributed by atoms with Gasteiger partial charge in [0, 0.05) is 0 Å². The number of carbonyl (C=O) groups excluding carboxylic acids is 2. The van der Waals surface area contributed by atoms with Gasteiger partial charge in [-0.3, -0.25) is 4.79 Å². The molecule has 1 aliphatic heterocycles. The van der Waals surface area contributed by atoms with Crippen LogP contribution in [0, 0.1) is 6.92 Å². The Bertz CT molecular complexity index is 593. The summed E-state index contributed by atoms with van der Waals surface area (Å²) in [4.78, 5) is 24.3. The average Bonchev–Trinajstić information content (AvgIpc) is 2.46. The van der Waals surface area contributed by atoms with E-state index in [0.29, 0.717) is 5.69 Å². The third kappa shape index (κ3) is 3.90. The average molecular weight is 305 g/mol. The molecular weight excluding hydrogens is 282 g/mol. The van der Waals surface area contributed by atoms with Gasteiger partial charge in [0.05, 0.1) is 17.4 Å². The van der Waals surface area contributed by atoms with Crippen molar-refractivity contribution in [3.05, 3.63) is 23.8 Å². The Morgan fingerprint density at radius 1 is 1.27 bits per heavy atom. The number of hydrogen-bond donors (Lipinski definition) is 3. The maximum Gasteiger partial charge on any atom is 0.408 e. The molecule has 6 heteroatoms. The van der Waals surface area contributed by atoms with Crippen molar-refractivity contribution in [1.29, 1.82) is 0 Å². The summed E-state index contributed by atoms with van der Waals surface area (Å²) < 4.78 is 5.22. The van der Waals surface area contributed by atoms with Gasteiger partial charge in [-0.05, 0) is 52.3 Å². The normalized spacial score (nSPS) is 21.0. The molecule has 0 aromatic heterocycles. The van der Waals surface area contributed by atoms with Crippen molar-refractivity contribution < 1.29 is 14.3 Å². The van der Waals surface area contributed by atoms with E-state index in [9.17, 15) is 9.59 Å². The molecule has 22 heavy (non-hydrogen) atoms. The Morgan fingerprint density at radius 2 is 1.95 bits per heavy atom. The number of hydrogen-bond acceptors (Lipinski definition) is 4. The first-order valence-electron chi connectivity index (χ1n) is 7.33. The molecule has 0 aliphatic carbocycles. The number of fused-ring (bicyclic) bond motifs is 1. The first kappa shape index (κ1) is 16.1. The molecule has 1 aliphatic rings. The minimum absolute atomic E-state index is 0.268. The third-order valence-electron chi connectivity index (χ3n) is 3.27. The number of alkyl carbamates (subject to hydrolysis) is 1. The molecule has 0 spiro atoms. The van der Waals surface area contributed by atoms with Crippen molar-refractivity contribution >= 4 is 23.4 Å². The lowest BCUT2D eigenvalue weighted by molar-refractivity contribution is -0.118. The van der Waals surface area contributed by atoms with Crippen molar-refractivity contribution in [2.45, 2.75) is 52.3 Å². The molecule has 2 rings (SSSR count). The third-order valence-corrected chi connectivity index (χ3v) is 3.27. The maximum absolute atomic E-state index is 12.4. The van der Waals surface area contributed by atoms with Gasteiger partial charge in [0.2, 0.25) is 5.91 Å². The Hall–Kier alpha value is -2.24. The van der Waals surface area contributed by atoms with E-state index in [1.807, 2.05) is 32.0 Å². The van der Waals surface area contributed by atoms with Gasteiger partial charge in [-0.2, -0.15) is 0 Å². The Morgan fingerprint density at radius 3 is 2.59 bits per heavy atom. The van der Waals surface area contributed by atoms with E-state index >= 15 is 0 Å². The number of amides is 2. The molecule has 1 aromatic rings. The number of anilines is 2. The lowest BCUT2D eigenvalue weighted by Crippen LogP contribution is -2.52. The van der Waals surface area contributed by atoms with Crippen molar-refractivity contribution in [1.82, 2.24) is 5.32 Å². The second kappa shape index (κ2) is 5.87. The molecule has 1 aromatic carbocycles. The van der Waals surface area contributed by atoms with Crippen LogP contribution >= 0.6 is 0 Å². The summed E-state index contributed by atoms with van der Waals surface area (Å²) in [5.74, 6) is -0.270. The largest absolute Gasteiger partial charge is 0.444 e. The van der Waals surface area contributed by atoms with Gasteiger partial charge < -0.3 is 20.7 Å². The maximum atomic E-state index is 12.4. The number of rotatable bonds is 1. The van der Waals surface area contributed by atoms with Gasteiger partial charge in [0.15, 0.2) is 0 Å². The van der Waals surface area contributed by atoms with Crippen molar-refractivity contribution in [2.75, 3.05) is 10.6 Å². The zero-order valence-corrected chi connectivity index (χ0v) is 13.6. The number of nitrogens with one attached hydrogen (secondary N) is 3. The highest BCUT2D eigenvalue weighted by atomic mass is 16.6. The minimum Gasteiger partial charge on any atom is -0.444 e. The van der Waals surface area contributed by atoms with Crippen LogP contribution in [0.1, 0.15) is 33.3 Å². The van der Waals surface area contributed by atoms with Crippen LogP contribution in [0.3, 0.4) is 0 Å². The lowest BCUT2D eigenvalue weighted by atomic mass is 10.1. The number of ether oxygens (including phenoxy) is 1. The zero-order chi connectivity index (χ0) is 16.5. The highest BCUT2D eigenvalue weighted by molar-refractivity contribution is 6.01. The fourth-order valence-corrected chi connectivity index (χ4v) is 2.28. The Labute approximate surface area is 130 Å². The molecule has 3 N–H and O–H groups in total. The van der Waals surface area contributed by atoms with Gasteiger partial charge in [-0.1, -0.05) is 6.07 Å². The quantitative estimate of drug-likeness (QED) is 0.745. The first-order valence-corrected chi connectivity index (χ1v) is 7.33. The van der Waals surface area contributed by atoms with E-state index in [2.05, 4.69) is 16.0 Å². The van der Waals surface area contributed by atoms with Gasteiger partial charge in [0.25, 0.3) is 0 Å². The molecule has 2 atom stereocenters. The van der Waals surface area contributed by atoms with E-state index in [-0.39, 0.29) is 11.9 Å². The molecule has 0 fully saturated rings. The van der Waals surface area contributed by atoms with E-state index in [1.165, 1.54) is 0 Å². The van der Waals surface area contributed by atoms with Gasteiger partial charge in [0.1, 0.15) is 11.6 Å². The summed E-state index contributed by atoms with van der Waals surface area (Å²) in [6.45, 7) is 9.16. The fraction of sp³-hybridized carbons (Fsp3) is 0.500. The van der Waals surface area contributed by atoms with Crippen LogP contribution in [0.4, 0.5) is 16.2 Å². The van der Waals surface area contributed by atoms with Crippen molar-refractivity contribution in [3.8, 4) is 0 Å². The first-order chi connectivity index (χ1) is 10.2. The molecule has 0 saturated heterocycles. The van der Waals surface area contributed by atoms with Crippen LogP contribution in [0.5, 0.6) is 0 Å². The number of benzene rings is 1. The fourth-order valence-electron chi connectivity index (χ4n) is 2.28.